The Morgan fingerprint density at radius 1 is 0.245 bits per heavy atom. The zero-order valence-corrected chi connectivity index (χ0v) is 53.8. The third-order valence-electron chi connectivity index (χ3n) is 8.97. The molecular formula is C60H66N18O24. The normalized spacial score (nSPS) is 8.24. The van der Waals surface area contributed by atoms with Crippen molar-refractivity contribution in [3.63, 3.8) is 0 Å². The van der Waals surface area contributed by atoms with E-state index in [1.807, 2.05) is 0 Å². The molecule has 0 bridgehead atoms. The predicted molar refractivity (Wildman–Crippen MR) is 357 cm³/mol. The summed E-state index contributed by atoms with van der Waals surface area (Å²) in [5, 5.41) is 163. The minimum atomic E-state index is -1.28. The zero-order chi connectivity index (χ0) is 80.5. The van der Waals surface area contributed by atoms with Gasteiger partial charge in [0.05, 0.1) is 36.4 Å². The van der Waals surface area contributed by atoms with Gasteiger partial charge in [0.15, 0.2) is 0 Å². The van der Waals surface area contributed by atoms with Crippen molar-refractivity contribution in [1.29, 1.82) is 31.6 Å². The number of benzene rings is 6. The first-order valence-corrected chi connectivity index (χ1v) is 26.1. The number of aromatic carboxylic acids is 6. The largest absolute Gasteiger partial charge is 0.507 e. The van der Waals surface area contributed by atoms with Crippen molar-refractivity contribution >= 4 is 106 Å². The monoisotopic (exact) mass is 1420 g/mol. The van der Waals surface area contributed by atoms with Gasteiger partial charge >= 0.3 is 72.0 Å². The highest BCUT2D eigenvalue weighted by molar-refractivity contribution is 5.99. The van der Waals surface area contributed by atoms with Gasteiger partial charge in [-0.25, -0.2) is 57.5 Å². The van der Waals surface area contributed by atoms with Crippen LogP contribution < -0.4 is 66.3 Å². The fourth-order valence-corrected chi connectivity index (χ4v) is 5.56. The van der Waals surface area contributed by atoms with Crippen molar-refractivity contribution in [3.8, 4) is 70.9 Å². The van der Waals surface area contributed by atoms with Gasteiger partial charge in [0.1, 0.15) is 67.9 Å². The number of carboxylic acid groups (broad SMARTS) is 6. The van der Waals surface area contributed by atoms with E-state index in [1.165, 1.54) is 77.9 Å². The molecule has 0 unspecified atom stereocenters. The summed E-state index contributed by atoms with van der Waals surface area (Å²) in [6, 6.07) is 27.4. The summed E-state index contributed by atoms with van der Waals surface area (Å²) in [6.07, 6.45) is 0. The lowest BCUT2D eigenvalue weighted by Crippen LogP contribution is -2.19. The van der Waals surface area contributed by atoms with Crippen LogP contribution in [0, 0.1) is 68.0 Å². The smallest absolute Gasteiger partial charge is 0.339 e. The Balaban J connectivity index is -0.000000258. The molecule has 0 saturated heterocycles. The Kier molecular flexibility index (Phi) is 52.1. The van der Waals surface area contributed by atoms with E-state index in [0.717, 1.165) is 72.8 Å². The molecular weight excluding hydrogens is 1360 g/mol. The predicted octanol–water partition coefficient (Wildman–Crippen LogP) is 6.67. The van der Waals surface area contributed by atoms with Crippen molar-refractivity contribution < 1.29 is 119 Å². The minimum absolute atomic E-state index is 0.215. The lowest BCUT2D eigenvalue weighted by Gasteiger charge is -2.04. The Bertz CT molecular complexity index is 3470. The molecule has 0 fully saturated rings. The molecule has 42 heteroatoms. The standard InChI is InChI=1S/6C8H8N2O4.6C2H3N/c6*9-8(14)10-4-1-2-6(11)5(3-4)7(12)13;6*1-2-3/h6*1-3,11H,(H,12,13)(H3,9,10,14);6*1H3. The SMILES string of the molecule is CC#N.CC#N.CC#N.CC#N.CC#N.CC#N.NC(=O)Nc1ccc(O)c(C(=O)O)c1.NC(=O)Nc1ccc(O)c(C(=O)O)c1.NC(=O)Nc1ccc(O)c(C(=O)O)c1.NC(=O)Nc1ccc(O)c(C(=O)O)c1.NC(=O)Nc1ccc(O)c(C(=O)O)c1.NC(=O)Nc1ccc(O)c(C(=O)O)c1. The Hall–Kier alpha value is -16.5. The second-order valence-electron chi connectivity index (χ2n) is 16.5. The van der Waals surface area contributed by atoms with Gasteiger partial charge in [-0.15, -0.1) is 0 Å². The molecule has 0 aromatic heterocycles. The van der Waals surface area contributed by atoms with Crippen LogP contribution in [0.5, 0.6) is 34.5 Å². The van der Waals surface area contributed by atoms with Gasteiger partial charge in [0.25, 0.3) is 0 Å². The molecule has 0 heterocycles. The van der Waals surface area contributed by atoms with Crippen LogP contribution in [-0.2, 0) is 0 Å². The van der Waals surface area contributed by atoms with Crippen LogP contribution in [0.1, 0.15) is 104 Å². The van der Waals surface area contributed by atoms with Crippen LogP contribution in [0.2, 0.25) is 0 Å². The Labute approximate surface area is 576 Å². The summed E-state index contributed by atoms with van der Waals surface area (Å²) < 4.78 is 0. The van der Waals surface area contributed by atoms with E-state index in [0.29, 0.717) is 0 Å². The first kappa shape index (κ1) is 96.6. The Morgan fingerprint density at radius 3 is 0.402 bits per heavy atom. The number of anilines is 6. The van der Waals surface area contributed by atoms with Crippen molar-refractivity contribution in [2.24, 2.45) is 34.4 Å². The number of nitriles is 6. The summed E-state index contributed by atoms with van der Waals surface area (Å²) in [5.74, 6) is -9.90. The van der Waals surface area contributed by atoms with Gasteiger partial charge in [-0.3, -0.25) is 0 Å². The highest BCUT2D eigenvalue weighted by Gasteiger charge is 2.15. The summed E-state index contributed by atoms with van der Waals surface area (Å²) >= 11 is 0. The van der Waals surface area contributed by atoms with E-state index in [1.54, 1.807) is 36.4 Å². The summed E-state index contributed by atoms with van der Waals surface area (Å²) in [4.78, 5) is 126. The molecule has 0 aliphatic rings. The van der Waals surface area contributed by atoms with E-state index in [-0.39, 0.29) is 102 Å². The van der Waals surface area contributed by atoms with Gasteiger partial charge in [0.2, 0.25) is 0 Å². The second kappa shape index (κ2) is 55.0. The number of primary amides is 6. The first-order valence-electron chi connectivity index (χ1n) is 26.1. The van der Waals surface area contributed by atoms with Crippen LogP contribution in [-0.4, -0.2) is 133 Å². The van der Waals surface area contributed by atoms with Gasteiger partial charge in [-0.1, -0.05) is 0 Å². The number of amides is 12. The van der Waals surface area contributed by atoms with Crippen LogP contribution in [0.4, 0.5) is 62.9 Å². The first-order chi connectivity index (χ1) is 47.5. The number of urea groups is 6. The average molecular weight is 1420 g/mol. The van der Waals surface area contributed by atoms with Crippen molar-refractivity contribution in [2.45, 2.75) is 41.5 Å². The van der Waals surface area contributed by atoms with Crippen LogP contribution in [0.25, 0.3) is 0 Å². The highest BCUT2D eigenvalue weighted by atomic mass is 16.4. The Morgan fingerprint density at radius 2 is 0.333 bits per heavy atom. The molecule has 0 aliphatic carbocycles. The van der Waals surface area contributed by atoms with Gasteiger partial charge in [-0.2, -0.15) is 31.6 Å². The van der Waals surface area contributed by atoms with Gasteiger partial charge in [0, 0.05) is 75.7 Å². The topological polar surface area (TPSA) is 819 Å². The number of carboxylic acids is 6. The number of phenols is 6. The zero-order valence-electron chi connectivity index (χ0n) is 53.8. The number of rotatable bonds is 12. The van der Waals surface area contributed by atoms with E-state index >= 15 is 0 Å². The maximum absolute atomic E-state index is 10.6. The summed E-state index contributed by atoms with van der Waals surface area (Å²) in [5.41, 5.74) is 28.5. The number of carbonyl (C=O) groups is 12. The van der Waals surface area contributed by atoms with E-state index < -0.39 is 72.0 Å². The molecule has 6 rings (SSSR count). The molecule has 30 N–H and O–H groups in total. The molecule has 0 atom stereocenters. The third kappa shape index (κ3) is 47.4. The number of nitrogens with two attached hydrogens (primary N) is 6. The quantitative estimate of drug-likeness (QED) is 0.0569. The van der Waals surface area contributed by atoms with Crippen LogP contribution >= 0.6 is 0 Å². The highest BCUT2D eigenvalue weighted by Crippen LogP contribution is 2.26. The fourth-order valence-electron chi connectivity index (χ4n) is 5.56. The lowest BCUT2D eigenvalue weighted by atomic mass is 10.2. The molecule has 6 aromatic carbocycles. The maximum Gasteiger partial charge on any atom is 0.339 e. The molecule has 540 valence electrons. The van der Waals surface area contributed by atoms with E-state index in [9.17, 15) is 57.5 Å². The molecule has 0 spiro atoms. The van der Waals surface area contributed by atoms with Crippen LogP contribution in [0.15, 0.2) is 109 Å². The van der Waals surface area contributed by atoms with Gasteiger partial charge in [-0.05, 0) is 109 Å². The van der Waals surface area contributed by atoms with Crippen molar-refractivity contribution in [1.82, 2.24) is 0 Å². The molecule has 6 aromatic rings. The summed E-state index contributed by atoms with van der Waals surface area (Å²) in [6.45, 7) is 8.58. The number of carbonyl (C=O) groups excluding carboxylic acids is 6. The van der Waals surface area contributed by atoms with Crippen molar-refractivity contribution in [3.05, 3.63) is 143 Å². The minimum Gasteiger partial charge on any atom is -0.507 e. The molecule has 0 aliphatic heterocycles. The van der Waals surface area contributed by atoms with Gasteiger partial charge < -0.3 is 128 Å². The molecule has 12 amide bonds. The lowest BCUT2D eigenvalue weighted by molar-refractivity contribution is 0.0682. The average Bonchev–Trinajstić information content (AvgIpc) is 0.909. The fraction of sp³-hybridized carbons (Fsp3) is 0.100. The summed E-state index contributed by atoms with van der Waals surface area (Å²) in [7, 11) is 0. The van der Waals surface area contributed by atoms with E-state index in [4.69, 9.17) is 127 Å². The molecule has 0 radical (unpaired) electrons. The van der Waals surface area contributed by atoms with Crippen LogP contribution in [0.3, 0.4) is 0 Å². The second-order valence-corrected chi connectivity index (χ2v) is 16.5. The number of aromatic hydroxyl groups is 6. The third-order valence-corrected chi connectivity index (χ3v) is 8.97. The molecule has 42 nitrogen and oxygen atoms in total. The van der Waals surface area contributed by atoms with Crippen molar-refractivity contribution in [2.75, 3.05) is 31.9 Å². The number of nitrogens with one attached hydrogen (secondary N) is 6. The number of hydrogen-bond acceptors (Lipinski definition) is 24. The molecule has 0 saturated carbocycles. The molecule has 102 heavy (non-hydrogen) atoms. The number of hydrogen-bond donors (Lipinski definition) is 24. The number of nitrogens with zero attached hydrogens (tertiary/aromatic N) is 6. The maximum atomic E-state index is 10.6. The van der Waals surface area contributed by atoms with E-state index in [2.05, 4.69) is 31.9 Å².